The summed E-state index contributed by atoms with van der Waals surface area (Å²) in [5.74, 6) is 0.784. The average Bonchev–Trinajstić information content (AvgIpc) is 2.58. The van der Waals surface area contributed by atoms with Crippen LogP contribution in [0.1, 0.15) is 11.1 Å². The fourth-order valence-corrected chi connectivity index (χ4v) is 2.51. The van der Waals surface area contributed by atoms with Gasteiger partial charge in [-0.3, -0.25) is 0 Å². The lowest BCUT2D eigenvalue weighted by molar-refractivity contribution is 0.279. The monoisotopic (exact) mass is 402 g/mol. The summed E-state index contributed by atoms with van der Waals surface area (Å²) >= 11 is 6.02. The van der Waals surface area contributed by atoms with Crippen molar-refractivity contribution in [2.75, 3.05) is 34.3 Å². The van der Waals surface area contributed by atoms with E-state index in [1.165, 1.54) is 6.07 Å². The lowest BCUT2D eigenvalue weighted by Gasteiger charge is -2.14. The number of benzene rings is 2. The molecule has 0 aliphatic heterocycles. The molecule has 2 rings (SSSR count). The number of hydrogen-bond donors (Lipinski definition) is 1. The maximum atomic E-state index is 13.8. The van der Waals surface area contributed by atoms with E-state index >= 15 is 0 Å². The Balaban J connectivity index is 0.00000338. The van der Waals surface area contributed by atoms with Crippen LogP contribution in [0.5, 0.6) is 11.5 Å². The lowest BCUT2D eigenvalue weighted by Crippen LogP contribution is -2.26. The molecule has 0 saturated carbocycles. The highest BCUT2D eigenvalue weighted by atomic mass is 35.5. The molecule has 26 heavy (non-hydrogen) atoms. The molecule has 0 bridgehead atoms. The van der Waals surface area contributed by atoms with Gasteiger partial charge < -0.3 is 19.7 Å². The van der Waals surface area contributed by atoms with Crippen molar-refractivity contribution in [2.24, 2.45) is 0 Å². The Bertz CT molecular complexity index is 679. The molecule has 144 valence electrons. The summed E-state index contributed by atoms with van der Waals surface area (Å²) in [6.45, 7) is 2.66. The first kappa shape index (κ1) is 22.5. The Labute approximate surface area is 165 Å². The Kier molecular flexibility index (Phi) is 9.73. The third kappa shape index (κ3) is 6.65. The normalized spacial score (nSPS) is 10.5. The molecule has 0 spiro atoms. The number of nitrogens with one attached hydrogen (secondary N) is 1. The van der Waals surface area contributed by atoms with Crippen LogP contribution in [0.3, 0.4) is 0 Å². The highest BCUT2D eigenvalue weighted by Gasteiger charge is 2.11. The molecule has 0 atom stereocenters. The van der Waals surface area contributed by atoms with Crippen LogP contribution in [0.15, 0.2) is 36.4 Å². The maximum Gasteiger partial charge on any atom is 0.161 e. The number of ether oxygens (including phenoxy) is 2. The number of rotatable bonds is 9. The van der Waals surface area contributed by atoms with E-state index in [1.807, 2.05) is 32.3 Å². The van der Waals surface area contributed by atoms with Crippen molar-refractivity contribution in [1.29, 1.82) is 0 Å². The molecule has 0 amide bonds. The summed E-state index contributed by atoms with van der Waals surface area (Å²) in [5.41, 5.74) is 1.42. The van der Waals surface area contributed by atoms with Crippen molar-refractivity contribution in [3.05, 3.63) is 58.4 Å². The van der Waals surface area contributed by atoms with Crippen molar-refractivity contribution >= 4 is 24.0 Å². The second-order valence-electron chi connectivity index (χ2n) is 5.95. The molecule has 7 heteroatoms. The zero-order valence-corrected chi connectivity index (χ0v) is 16.8. The Morgan fingerprint density at radius 2 is 1.92 bits per heavy atom. The molecule has 2 aromatic rings. The first-order valence-corrected chi connectivity index (χ1v) is 8.47. The van der Waals surface area contributed by atoms with E-state index in [9.17, 15) is 4.39 Å². The zero-order valence-electron chi connectivity index (χ0n) is 15.2. The van der Waals surface area contributed by atoms with E-state index < -0.39 is 0 Å². The standard InChI is InChI=1S/C19H24ClFN2O2.ClH/c1-23(2)10-9-22-12-14-7-8-18(19(11-14)24-3)25-13-15-16(20)5-4-6-17(15)21;/h4-8,11,22H,9-10,12-13H2,1-3H3;1H. The number of halogens is 3. The zero-order chi connectivity index (χ0) is 18.2. The third-order valence-electron chi connectivity index (χ3n) is 3.73. The highest BCUT2D eigenvalue weighted by molar-refractivity contribution is 6.31. The first-order valence-electron chi connectivity index (χ1n) is 8.09. The SMILES string of the molecule is COc1cc(CNCCN(C)C)ccc1OCc1c(F)cccc1Cl.Cl. The van der Waals surface area contributed by atoms with Crippen LogP contribution in [0.2, 0.25) is 5.02 Å². The van der Waals surface area contributed by atoms with Gasteiger partial charge in [-0.25, -0.2) is 4.39 Å². The Morgan fingerprint density at radius 3 is 2.58 bits per heavy atom. The minimum atomic E-state index is -0.381. The highest BCUT2D eigenvalue weighted by Crippen LogP contribution is 2.30. The van der Waals surface area contributed by atoms with Gasteiger partial charge in [-0.2, -0.15) is 0 Å². The van der Waals surface area contributed by atoms with Gasteiger partial charge in [0.05, 0.1) is 12.1 Å². The molecule has 0 radical (unpaired) electrons. The van der Waals surface area contributed by atoms with Gasteiger partial charge in [-0.1, -0.05) is 23.7 Å². The van der Waals surface area contributed by atoms with Gasteiger partial charge in [0.15, 0.2) is 11.5 Å². The fraction of sp³-hybridized carbons (Fsp3) is 0.368. The molecule has 1 N–H and O–H groups in total. The van der Waals surface area contributed by atoms with Gasteiger partial charge in [-0.05, 0) is 43.9 Å². The van der Waals surface area contributed by atoms with Gasteiger partial charge >= 0.3 is 0 Å². The van der Waals surface area contributed by atoms with Gasteiger partial charge in [-0.15, -0.1) is 12.4 Å². The van der Waals surface area contributed by atoms with E-state index in [-0.39, 0.29) is 24.8 Å². The second kappa shape index (κ2) is 11.2. The number of likely N-dealkylation sites (N-methyl/N-ethyl adjacent to an activating group) is 1. The van der Waals surface area contributed by atoms with E-state index in [4.69, 9.17) is 21.1 Å². The average molecular weight is 403 g/mol. The minimum absolute atomic E-state index is 0. The fourth-order valence-electron chi connectivity index (χ4n) is 2.30. The molecule has 0 unspecified atom stereocenters. The third-order valence-corrected chi connectivity index (χ3v) is 4.08. The lowest BCUT2D eigenvalue weighted by atomic mass is 10.2. The van der Waals surface area contributed by atoms with Crippen molar-refractivity contribution in [3.63, 3.8) is 0 Å². The number of nitrogens with zero attached hydrogens (tertiary/aromatic N) is 1. The predicted octanol–water partition coefficient (Wildman–Crippen LogP) is 4.14. The summed E-state index contributed by atoms with van der Waals surface area (Å²) < 4.78 is 24.9. The molecule has 4 nitrogen and oxygen atoms in total. The summed E-state index contributed by atoms with van der Waals surface area (Å²) in [6.07, 6.45) is 0. The second-order valence-corrected chi connectivity index (χ2v) is 6.36. The number of hydrogen-bond acceptors (Lipinski definition) is 4. The smallest absolute Gasteiger partial charge is 0.161 e. The molecule has 0 heterocycles. The van der Waals surface area contributed by atoms with Crippen LogP contribution < -0.4 is 14.8 Å². The molecule has 0 aliphatic carbocycles. The Hall–Kier alpha value is -1.53. The topological polar surface area (TPSA) is 33.7 Å². The molecular weight excluding hydrogens is 378 g/mol. The van der Waals surface area contributed by atoms with Gasteiger partial charge in [0, 0.05) is 25.2 Å². The summed E-state index contributed by atoms with van der Waals surface area (Å²) in [6, 6.07) is 10.3. The van der Waals surface area contributed by atoms with E-state index in [0.717, 1.165) is 25.2 Å². The molecule has 0 aromatic heterocycles. The maximum absolute atomic E-state index is 13.8. The molecular formula is C19H25Cl2FN2O2. The van der Waals surface area contributed by atoms with Crippen molar-refractivity contribution < 1.29 is 13.9 Å². The van der Waals surface area contributed by atoms with Crippen molar-refractivity contribution in [1.82, 2.24) is 10.2 Å². The molecule has 0 fully saturated rings. The van der Waals surface area contributed by atoms with Crippen LogP contribution in [-0.4, -0.2) is 39.2 Å². The molecule has 2 aromatic carbocycles. The van der Waals surface area contributed by atoms with Crippen LogP contribution in [0, 0.1) is 5.82 Å². The number of methoxy groups -OCH3 is 1. The van der Waals surface area contributed by atoms with Crippen molar-refractivity contribution in [2.45, 2.75) is 13.2 Å². The largest absolute Gasteiger partial charge is 0.493 e. The van der Waals surface area contributed by atoms with Gasteiger partial charge in [0.2, 0.25) is 0 Å². The quantitative estimate of drug-likeness (QED) is 0.639. The van der Waals surface area contributed by atoms with Crippen molar-refractivity contribution in [3.8, 4) is 11.5 Å². The van der Waals surface area contributed by atoms with Crippen LogP contribution in [0.4, 0.5) is 4.39 Å². The summed E-state index contributed by atoms with van der Waals surface area (Å²) in [4.78, 5) is 2.12. The van der Waals surface area contributed by atoms with Crippen LogP contribution in [-0.2, 0) is 13.2 Å². The minimum Gasteiger partial charge on any atom is -0.493 e. The Morgan fingerprint density at radius 1 is 1.15 bits per heavy atom. The summed E-state index contributed by atoms with van der Waals surface area (Å²) in [7, 11) is 5.67. The first-order chi connectivity index (χ1) is 12.0. The van der Waals surface area contributed by atoms with Crippen LogP contribution >= 0.6 is 24.0 Å². The summed E-state index contributed by atoms with van der Waals surface area (Å²) in [5, 5.41) is 3.72. The van der Waals surface area contributed by atoms with E-state index in [0.29, 0.717) is 22.1 Å². The van der Waals surface area contributed by atoms with E-state index in [2.05, 4.69) is 10.2 Å². The predicted molar refractivity (Wildman–Crippen MR) is 106 cm³/mol. The van der Waals surface area contributed by atoms with Gasteiger partial charge in [0.1, 0.15) is 12.4 Å². The van der Waals surface area contributed by atoms with Gasteiger partial charge in [0.25, 0.3) is 0 Å². The molecule has 0 aliphatic rings. The van der Waals surface area contributed by atoms with Crippen LogP contribution in [0.25, 0.3) is 0 Å². The van der Waals surface area contributed by atoms with E-state index in [1.54, 1.807) is 19.2 Å². The molecule has 0 saturated heterocycles.